The van der Waals surface area contributed by atoms with Gasteiger partial charge in [-0.25, -0.2) is 9.59 Å². The minimum atomic E-state index is -5.21. The molecule has 1 saturated carbocycles. The van der Waals surface area contributed by atoms with Crippen molar-refractivity contribution >= 4 is 23.1 Å². The van der Waals surface area contributed by atoms with Gasteiger partial charge in [-0.1, -0.05) is 26.7 Å². The van der Waals surface area contributed by atoms with Crippen LogP contribution >= 0.6 is 0 Å². The number of ether oxygens (including phenoxy) is 1. The molecule has 2 aromatic heterocycles. The summed E-state index contributed by atoms with van der Waals surface area (Å²) in [6, 6.07) is -0.302. The Morgan fingerprint density at radius 2 is 1.89 bits per heavy atom. The highest BCUT2D eigenvalue weighted by Crippen LogP contribution is 2.37. The number of rotatable bonds is 6. The van der Waals surface area contributed by atoms with E-state index in [2.05, 4.69) is 10.3 Å². The van der Waals surface area contributed by atoms with Crippen LogP contribution in [0.4, 0.5) is 19.1 Å². The fourth-order valence-corrected chi connectivity index (χ4v) is 5.72. The van der Waals surface area contributed by atoms with Gasteiger partial charge >= 0.3 is 17.8 Å². The van der Waals surface area contributed by atoms with Crippen LogP contribution in [0.25, 0.3) is 11.2 Å². The van der Waals surface area contributed by atoms with E-state index < -0.39 is 29.6 Å². The fourth-order valence-electron chi connectivity index (χ4n) is 5.72. The maximum Gasteiger partial charge on any atom is 0.491 e. The summed E-state index contributed by atoms with van der Waals surface area (Å²) in [6.07, 6.45) is -2.84. The number of fused-ring (bicyclic) bond motifs is 1. The zero-order valence-electron chi connectivity index (χ0n) is 21.1. The van der Waals surface area contributed by atoms with Crippen LogP contribution in [0.15, 0.2) is 20.9 Å². The number of hydrogen-bond donors (Lipinski definition) is 1. The second kappa shape index (κ2) is 9.34. The molecule has 3 aliphatic rings. The molecule has 0 saturated heterocycles. The molecular formula is C24H31F3N6O4. The Labute approximate surface area is 210 Å². The molecule has 1 atom stereocenters. The molecule has 13 heteroatoms. The Bertz CT molecular complexity index is 1380. The molecule has 5 rings (SSSR count). The molecule has 0 aromatic carbocycles. The van der Waals surface area contributed by atoms with Gasteiger partial charge in [0.25, 0.3) is 5.56 Å². The molecular weight excluding hydrogens is 493 g/mol. The first-order valence-corrected chi connectivity index (χ1v) is 12.7. The van der Waals surface area contributed by atoms with Crippen molar-refractivity contribution < 1.29 is 22.7 Å². The fraction of sp³-hybridized carbons (Fsp3) is 0.667. The van der Waals surface area contributed by atoms with E-state index >= 15 is 0 Å². The molecule has 1 N–H and O–H groups in total. The third-order valence-electron chi connectivity index (χ3n) is 7.47. The standard InChI is InChI=1S/C24H31F3N6O4/c1-13(2)10-17(37-21(35)24(25,26)27)33-18-19(29-22(33)31-9-8-14-11-28-12-16(14)31)30(3)23(36)32(20(18)34)15-6-4-5-7-15/h13,15,17,28H,4-12H2,1-3H3. The SMILES string of the molecule is CC(C)CC(OC(=O)C(F)(F)F)n1c(N2CCC3=C2CNC3)nc2c1c(=O)n(C1CCCC1)c(=O)n2C. The van der Waals surface area contributed by atoms with E-state index in [4.69, 9.17) is 4.74 Å². The van der Waals surface area contributed by atoms with Gasteiger partial charge < -0.3 is 15.0 Å². The molecule has 0 radical (unpaired) electrons. The highest BCUT2D eigenvalue weighted by molar-refractivity contribution is 5.78. The Balaban J connectivity index is 1.78. The molecule has 1 aliphatic carbocycles. The lowest BCUT2D eigenvalue weighted by Gasteiger charge is -2.28. The van der Waals surface area contributed by atoms with E-state index in [0.717, 1.165) is 30.5 Å². The minimum Gasteiger partial charge on any atom is -0.434 e. The van der Waals surface area contributed by atoms with Crippen LogP contribution in [0.3, 0.4) is 0 Å². The smallest absolute Gasteiger partial charge is 0.434 e. The minimum absolute atomic E-state index is 0.0178. The quantitative estimate of drug-likeness (QED) is 0.580. The average Bonchev–Trinajstić information content (AvgIpc) is 3.59. The Hall–Kier alpha value is -3.09. The summed E-state index contributed by atoms with van der Waals surface area (Å²) in [5.41, 5.74) is 0.961. The van der Waals surface area contributed by atoms with E-state index in [1.165, 1.54) is 20.7 Å². The van der Waals surface area contributed by atoms with Gasteiger partial charge in [-0.05, 0) is 30.8 Å². The molecule has 1 unspecified atom stereocenters. The number of aromatic nitrogens is 4. The van der Waals surface area contributed by atoms with Crippen LogP contribution in [0.1, 0.15) is 64.6 Å². The highest BCUT2D eigenvalue weighted by Gasteiger charge is 2.44. The lowest BCUT2D eigenvalue weighted by Crippen LogP contribution is -2.42. The third kappa shape index (κ3) is 4.36. The Kier molecular flexibility index (Phi) is 6.45. The maximum absolute atomic E-state index is 13.9. The number of nitrogens with zero attached hydrogens (tertiary/aromatic N) is 5. The number of imidazole rings is 1. The molecule has 10 nitrogen and oxygen atoms in total. The highest BCUT2D eigenvalue weighted by atomic mass is 19.4. The van der Waals surface area contributed by atoms with Gasteiger partial charge in [-0.15, -0.1) is 0 Å². The van der Waals surface area contributed by atoms with E-state index in [9.17, 15) is 27.6 Å². The number of nitrogens with one attached hydrogen (secondary N) is 1. The molecule has 2 aromatic rings. The van der Waals surface area contributed by atoms with Gasteiger partial charge in [-0.3, -0.25) is 18.5 Å². The predicted molar refractivity (Wildman–Crippen MR) is 129 cm³/mol. The van der Waals surface area contributed by atoms with Crippen molar-refractivity contribution in [2.24, 2.45) is 13.0 Å². The lowest BCUT2D eigenvalue weighted by molar-refractivity contribution is -0.209. The van der Waals surface area contributed by atoms with Crippen LogP contribution in [0.2, 0.25) is 0 Å². The Morgan fingerprint density at radius 3 is 2.54 bits per heavy atom. The van der Waals surface area contributed by atoms with Crippen molar-refractivity contribution in [1.82, 2.24) is 24.0 Å². The molecule has 37 heavy (non-hydrogen) atoms. The predicted octanol–water partition coefficient (Wildman–Crippen LogP) is 2.73. The summed E-state index contributed by atoms with van der Waals surface area (Å²) in [7, 11) is 1.50. The third-order valence-corrected chi connectivity index (χ3v) is 7.47. The number of alkyl halides is 3. The van der Waals surface area contributed by atoms with E-state index in [-0.39, 0.29) is 35.5 Å². The van der Waals surface area contributed by atoms with E-state index in [1.807, 2.05) is 4.90 Å². The average molecular weight is 525 g/mol. The van der Waals surface area contributed by atoms with Crippen LogP contribution < -0.4 is 21.5 Å². The summed E-state index contributed by atoms with van der Waals surface area (Å²) < 4.78 is 48.8. The number of hydrogen-bond acceptors (Lipinski definition) is 7. The number of aryl methyl sites for hydroxylation is 1. The van der Waals surface area contributed by atoms with Crippen molar-refractivity contribution in [2.45, 2.75) is 70.8 Å². The Morgan fingerprint density at radius 1 is 1.19 bits per heavy atom. The molecule has 2 aliphatic heterocycles. The van der Waals surface area contributed by atoms with Crippen molar-refractivity contribution in [2.75, 3.05) is 24.5 Å². The summed E-state index contributed by atoms with van der Waals surface area (Å²) in [4.78, 5) is 45.7. The van der Waals surface area contributed by atoms with E-state index in [0.29, 0.717) is 32.5 Å². The van der Waals surface area contributed by atoms with Crippen molar-refractivity contribution in [3.8, 4) is 0 Å². The van der Waals surface area contributed by atoms with E-state index in [1.54, 1.807) is 13.8 Å². The van der Waals surface area contributed by atoms with Crippen molar-refractivity contribution in [3.05, 3.63) is 32.1 Å². The number of anilines is 1. The van der Waals surface area contributed by atoms with Crippen molar-refractivity contribution in [1.29, 1.82) is 0 Å². The zero-order valence-corrected chi connectivity index (χ0v) is 21.1. The number of halogens is 3. The van der Waals surface area contributed by atoms with Crippen LogP contribution in [-0.4, -0.2) is 50.5 Å². The largest absolute Gasteiger partial charge is 0.491 e. The normalized spacial score (nSPS) is 19.5. The molecule has 0 amide bonds. The van der Waals surface area contributed by atoms with Gasteiger partial charge in [0, 0.05) is 44.8 Å². The van der Waals surface area contributed by atoms with Gasteiger partial charge in [0.05, 0.1) is 0 Å². The molecule has 4 heterocycles. The van der Waals surface area contributed by atoms with Crippen LogP contribution in [0, 0.1) is 5.92 Å². The van der Waals surface area contributed by atoms with Gasteiger partial charge in [0.15, 0.2) is 17.4 Å². The summed E-state index contributed by atoms with van der Waals surface area (Å²) in [5.74, 6) is -2.32. The maximum atomic E-state index is 13.9. The van der Waals surface area contributed by atoms with Crippen LogP contribution in [-0.2, 0) is 16.6 Å². The number of carbonyl (C=O) groups excluding carboxylic acids is 1. The molecule has 0 bridgehead atoms. The first-order chi connectivity index (χ1) is 17.5. The van der Waals surface area contributed by atoms with Crippen molar-refractivity contribution in [3.63, 3.8) is 0 Å². The molecule has 0 spiro atoms. The number of carbonyl (C=O) groups is 1. The lowest BCUT2D eigenvalue weighted by atomic mass is 10.1. The summed E-state index contributed by atoms with van der Waals surface area (Å²) >= 11 is 0. The second-order valence-electron chi connectivity index (χ2n) is 10.5. The number of esters is 1. The zero-order chi connectivity index (χ0) is 26.6. The van der Waals surface area contributed by atoms with Gasteiger partial charge in [0.2, 0.25) is 5.95 Å². The topological polar surface area (TPSA) is 103 Å². The first kappa shape index (κ1) is 25.6. The van der Waals surface area contributed by atoms with Crippen LogP contribution in [0.5, 0.6) is 0 Å². The monoisotopic (exact) mass is 524 g/mol. The molecule has 1 fully saturated rings. The van der Waals surface area contributed by atoms with Gasteiger partial charge in [0.1, 0.15) is 0 Å². The van der Waals surface area contributed by atoms with Gasteiger partial charge in [-0.2, -0.15) is 18.2 Å². The first-order valence-electron chi connectivity index (χ1n) is 12.7. The summed E-state index contributed by atoms with van der Waals surface area (Å²) in [5, 5.41) is 3.26. The summed E-state index contributed by atoms with van der Waals surface area (Å²) in [6.45, 7) is 5.33. The molecule has 202 valence electrons. The second-order valence-corrected chi connectivity index (χ2v) is 10.5.